The summed E-state index contributed by atoms with van der Waals surface area (Å²) in [7, 11) is 0. The van der Waals surface area contributed by atoms with Crippen LogP contribution in [0.3, 0.4) is 0 Å². The summed E-state index contributed by atoms with van der Waals surface area (Å²) in [5.41, 5.74) is 1.43. The Morgan fingerprint density at radius 1 is 0.944 bits per heavy atom. The van der Waals surface area contributed by atoms with Gasteiger partial charge in [0.05, 0.1) is 12.2 Å². The Kier molecular flexibility index (Phi) is 5.82. The third-order valence-corrected chi connectivity index (χ3v) is 13.4. The van der Waals surface area contributed by atoms with Crippen molar-refractivity contribution in [1.29, 1.82) is 0 Å². The molecule has 5 aliphatic carbocycles. The highest BCUT2D eigenvalue weighted by molar-refractivity contribution is 5.66. The van der Waals surface area contributed by atoms with E-state index in [1.54, 1.807) is 0 Å². The fourth-order valence-corrected chi connectivity index (χ4v) is 10.9. The number of fused-ring (bicyclic) bond motifs is 7. The Balaban J connectivity index is 1.60. The van der Waals surface area contributed by atoms with Crippen LogP contribution in [0.5, 0.6) is 0 Å². The summed E-state index contributed by atoms with van der Waals surface area (Å²) < 4.78 is 5.78. The van der Waals surface area contributed by atoms with Crippen molar-refractivity contribution in [3.63, 3.8) is 0 Å². The molecule has 2 N–H and O–H groups in total. The molecule has 0 aromatic rings. The van der Waals surface area contributed by atoms with Gasteiger partial charge >= 0.3 is 5.97 Å². The smallest absolute Gasteiger partial charge is 0.302 e. The molecule has 0 aromatic heterocycles. The second kappa shape index (κ2) is 7.84. The summed E-state index contributed by atoms with van der Waals surface area (Å²) in [4.78, 5) is 11.9. The molecule has 0 aromatic carbocycles. The van der Waals surface area contributed by atoms with E-state index in [0.717, 1.165) is 12.8 Å². The van der Waals surface area contributed by atoms with Gasteiger partial charge < -0.3 is 14.9 Å². The number of esters is 1. The SMILES string of the molecule is CC(=O)O[C@H]1C[C@@H](O)[C@@]2(C)C(CC[C@]3(C)[C@@H]2[C@H](O)C=C2[C@H]4CC(C)(C)CC[C@]4(C)CC[C@]23C)C1(C)C. The van der Waals surface area contributed by atoms with E-state index in [-0.39, 0.29) is 40.2 Å². The predicted molar refractivity (Wildman–Crippen MR) is 143 cm³/mol. The number of rotatable bonds is 1. The molecule has 0 radical (unpaired) electrons. The first-order valence-corrected chi connectivity index (χ1v) is 14.7. The first-order valence-electron chi connectivity index (χ1n) is 14.7. The van der Waals surface area contributed by atoms with Gasteiger partial charge in [-0.05, 0) is 78.4 Å². The average Bonchev–Trinajstić information content (AvgIpc) is 2.74. The van der Waals surface area contributed by atoms with Gasteiger partial charge in [-0.15, -0.1) is 0 Å². The Labute approximate surface area is 219 Å². The van der Waals surface area contributed by atoms with Crippen LogP contribution in [0.2, 0.25) is 0 Å². The standard InChI is InChI=1S/C32H52O4/c1-19(33)36-25-17-24(35)32(9)23(28(25,4)5)10-11-31(8)26(32)22(34)16-20-21-18-27(2,3)12-13-29(21,6)14-15-30(20,31)7/h16,21-26,34-35H,10-15,17-18H2,1-9H3/t21-,22-,23?,24-,25+,26+,29-,30-,31-,32-/m1/s1. The third-order valence-electron chi connectivity index (χ3n) is 13.4. The maximum Gasteiger partial charge on any atom is 0.302 e. The van der Waals surface area contributed by atoms with Gasteiger partial charge in [0, 0.05) is 30.1 Å². The summed E-state index contributed by atoms with van der Waals surface area (Å²) in [6, 6.07) is 0. The quantitative estimate of drug-likeness (QED) is 0.311. The molecule has 4 fully saturated rings. The van der Waals surface area contributed by atoms with Crippen LogP contribution in [-0.2, 0) is 9.53 Å². The van der Waals surface area contributed by atoms with Gasteiger partial charge in [-0.2, -0.15) is 0 Å². The number of carbonyl (C=O) groups is 1. The maximum absolute atomic E-state index is 12.1. The minimum atomic E-state index is -0.611. The third kappa shape index (κ3) is 3.34. The highest BCUT2D eigenvalue weighted by Crippen LogP contribution is 2.75. The Bertz CT molecular complexity index is 965. The Morgan fingerprint density at radius 2 is 1.58 bits per heavy atom. The normalized spacial score (nSPS) is 53.1. The van der Waals surface area contributed by atoms with Crippen LogP contribution in [0.1, 0.15) is 114 Å². The first kappa shape index (κ1) is 26.7. The molecule has 1 unspecified atom stereocenters. The molecule has 4 saturated carbocycles. The number of allylic oxidation sites excluding steroid dienone is 1. The molecule has 4 nitrogen and oxygen atoms in total. The van der Waals surface area contributed by atoms with Crippen LogP contribution in [0, 0.1) is 50.2 Å². The van der Waals surface area contributed by atoms with Crippen molar-refractivity contribution in [3.05, 3.63) is 11.6 Å². The zero-order chi connectivity index (χ0) is 26.7. The second-order valence-corrected chi connectivity index (χ2v) is 16.0. The van der Waals surface area contributed by atoms with E-state index in [9.17, 15) is 15.0 Å². The van der Waals surface area contributed by atoms with Crippen molar-refractivity contribution in [2.75, 3.05) is 0 Å². The van der Waals surface area contributed by atoms with Crippen molar-refractivity contribution in [2.45, 2.75) is 132 Å². The molecule has 10 atom stereocenters. The summed E-state index contributed by atoms with van der Waals surface area (Å²) in [6.07, 6.45) is 9.48. The lowest BCUT2D eigenvalue weighted by atomic mass is 9.33. The van der Waals surface area contributed by atoms with Gasteiger partial charge in [0.15, 0.2) is 0 Å². The van der Waals surface area contributed by atoms with Crippen molar-refractivity contribution >= 4 is 5.97 Å². The van der Waals surface area contributed by atoms with Gasteiger partial charge in [-0.25, -0.2) is 0 Å². The number of ether oxygens (including phenoxy) is 1. The molecule has 0 saturated heterocycles. The molecule has 5 rings (SSSR count). The number of aliphatic hydroxyl groups excluding tert-OH is 2. The van der Waals surface area contributed by atoms with E-state index >= 15 is 0 Å². The van der Waals surface area contributed by atoms with Crippen molar-refractivity contribution in [3.8, 4) is 0 Å². The molecular weight excluding hydrogens is 448 g/mol. The minimum Gasteiger partial charge on any atom is -0.462 e. The number of aliphatic hydroxyl groups is 2. The molecule has 0 amide bonds. The fourth-order valence-electron chi connectivity index (χ4n) is 10.9. The lowest BCUT2D eigenvalue weighted by Gasteiger charge is -2.72. The molecule has 0 heterocycles. The molecule has 5 aliphatic rings. The molecule has 0 bridgehead atoms. The molecule has 204 valence electrons. The highest BCUT2D eigenvalue weighted by Gasteiger charge is 2.72. The van der Waals surface area contributed by atoms with Gasteiger partial charge in [-0.1, -0.05) is 67.0 Å². The molecular formula is C32H52O4. The number of hydrogen-bond donors (Lipinski definition) is 2. The largest absolute Gasteiger partial charge is 0.462 e. The molecule has 0 aliphatic heterocycles. The van der Waals surface area contributed by atoms with Crippen LogP contribution in [0.25, 0.3) is 0 Å². The molecule has 4 heteroatoms. The highest BCUT2D eigenvalue weighted by atomic mass is 16.5. The minimum absolute atomic E-state index is 0.0222. The summed E-state index contributed by atoms with van der Waals surface area (Å²) in [5, 5.41) is 23.9. The summed E-state index contributed by atoms with van der Waals surface area (Å²) in [6.45, 7) is 20.5. The predicted octanol–water partition coefficient (Wildman–Crippen LogP) is 6.68. The van der Waals surface area contributed by atoms with Gasteiger partial charge in [-0.3, -0.25) is 4.79 Å². The van der Waals surface area contributed by atoms with E-state index in [0.29, 0.717) is 23.2 Å². The van der Waals surface area contributed by atoms with Crippen LogP contribution in [0.15, 0.2) is 11.6 Å². The van der Waals surface area contributed by atoms with E-state index in [1.807, 2.05) is 0 Å². The van der Waals surface area contributed by atoms with E-state index < -0.39 is 17.6 Å². The maximum atomic E-state index is 12.1. The second-order valence-electron chi connectivity index (χ2n) is 16.0. The lowest BCUT2D eigenvalue weighted by molar-refractivity contribution is -0.263. The number of carbonyl (C=O) groups excluding carboxylic acids is 1. The van der Waals surface area contributed by atoms with Crippen molar-refractivity contribution < 1.29 is 19.7 Å². The van der Waals surface area contributed by atoms with E-state index in [2.05, 4.69) is 61.5 Å². The van der Waals surface area contributed by atoms with Crippen LogP contribution in [-0.4, -0.2) is 34.5 Å². The summed E-state index contributed by atoms with van der Waals surface area (Å²) in [5.74, 6) is 0.403. The zero-order valence-electron chi connectivity index (χ0n) is 24.4. The average molecular weight is 501 g/mol. The monoisotopic (exact) mass is 500 g/mol. The van der Waals surface area contributed by atoms with Crippen molar-refractivity contribution in [2.24, 2.45) is 50.2 Å². The Morgan fingerprint density at radius 3 is 2.22 bits per heavy atom. The lowest BCUT2D eigenvalue weighted by Crippen LogP contribution is -2.70. The Hall–Kier alpha value is -0.870. The number of hydrogen-bond acceptors (Lipinski definition) is 4. The topological polar surface area (TPSA) is 66.8 Å². The van der Waals surface area contributed by atoms with Gasteiger partial charge in [0.1, 0.15) is 6.10 Å². The van der Waals surface area contributed by atoms with Crippen LogP contribution < -0.4 is 0 Å². The van der Waals surface area contributed by atoms with E-state index in [4.69, 9.17) is 4.74 Å². The van der Waals surface area contributed by atoms with Crippen molar-refractivity contribution in [1.82, 2.24) is 0 Å². The van der Waals surface area contributed by atoms with Gasteiger partial charge in [0.25, 0.3) is 0 Å². The summed E-state index contributed by atoms with van der Waals surface area (Å²) >= 11 is 0. The van der Waals surface area contributed by atoms with Gasteiger partial charge in [0.2, 0.25) is 0 Å². The zero-order valence-corrected chi connectivity index (χ0v) is 24.4. The van der Waals surface area contributed by atoms with Crippen LogP contribution >= 0.6 is 0 Å². The van der Waals surface area contributed by atoms with Crippen LogP contribution in [0.4, 0.5) is 0 Å². The first-order chi connectivity index (χ1) is 16.4. The molecule has 36 heavy (non-hydrogen) atoms. The molecule has 0 spiro atoms. The fraction of sp³-hybridized carbons (Fsp3) is 0.906. The van der Waals surface area contributed by atoms with E-state index in [1.165, 1.54) is 44.6 Å².